The summed E-state index contributed by atoms with van der Waals surface area (Å²) in [5, 5.41) is 0.701. The molecule has 0 saturated heterocycles. The van der Waals surface area contributed by atoms with Crippen molar-refractivity contribution in [1.82, 2.24) is 0 Å². The highest BCUT2D eigenvalue weighted by Crippen LogP contribution is 2.17. The van der Waals surface area contributed by atoms with Crippen molar-refractivity contribution in [1.29, 1.82) is 0 Å². The van der Waals surface area contributed by atoms with Gasteiger partial charge in [-0.2, -0.15) is 0 Å². The zero-order chi connectivity index (χ0) is 14.5. The fourth-order valence-electron chi connectivity index (χ4n) is 2.07. The number of hydrogen-bond acceptors (Lipinski definition) is 2. The minimum absolute atomic E-state index is 0.218. The van der Waals surface area contributed by atoms with Crippen LogP contribution in [0.15, 0.2) is 42.5 Å². The van der Waals surface area contributed by atoms with Gasteiger partial charge in [-0.3, -0.25) is 4.79 Å². The molecule has 0 unspecified atom stereocenters. The molecule has 0 N–H and O–H groups in total. The van der Waals surface area contributed by atoms with E-state index in [0.29, 0.717) is 23.6 Å². The summed E-state index contributed by atoms with van der Waals surface area (Å²) < 4.78 is 5.36. The molecule has 0 aliphatic carbocycles. The molecule has 0 atom stereocenters. The summed E-state index contributed by atoms with van der Waals surface area (Å²) in [7, 11) is 0. The van der Waals surface area contributed by atoms with Crippen molar-refractivity contribution in [3.63, 3.8) is 0 Å². The lowest BCUT2D eigenvalue weighted by Crippen LogP contribution is -2.09. The maximum absolute atomic E-state index is 11.8. The van der Waals surface area contributed by atoms with Crippen LogP contribution in [0.2, 0.25) is 5.02 Å². The van der Waals surface area contributed by atoms with Gasteiger partial charge < -0.3 is 4.74 Å². The number of ether oxygens (including phenoxy) is 1. The van der Waals surface area contributed by atoms with Gasteiger partial charge in [0.05, 0.1) is 0 Å². The molecule has 0 aromatic heterocycles. The third-order valence-corrected chi connectivity index (χ3v) is 3.21. The average Bonchev–Trinajstić information content (AvgIpc) is 2.37. The van der Waals surface area contributed by atoms with Gasteiger partial charge in [0.15, 0.2) is 0 Å². The van der Waals surface area contributed by atoms with Gasteiger partial charge in [0.1, 0.15) is 5.75 Å². The van der Waals surface area contributed by atoms with Crippen LogP contribution < -0.4 is 4.74 Å². The Morgan fingerprint density at radius 2 is 1.65 bits per heavy atom. The number of carbonyl (C=O) groups excluding carboxylic acids is 1. The number of benzene rings is 2. The zero-order valence-electron chi connectivity index (χ0n) is 11.7. The molecular formula is C17H17ClO2. The summed E-state index contributed by atoms with van der Waals surface area (Å²) in [6, 6.07) is 13.3. The van der Waals surface area contributed by atoms with E-state index in [0.717, 1.165) is 16.7 Å². The van der Waals surface area contributed by atoms with E-state index in [-0.39, 0.29) is 5.97 Å². The molecular weight excluding hydrogens is 272 g/mol. The summed E-state index contributed by atoms with van der Waals surface area (Å²) in [5.41, 5.74) is 3.25. The summed E-state index contributed by atoms with van der Waals surface area (Å²) >= 11 is 5.82. The Labute approximate surface area is 124 Å². The van der Waals surface area contributed by atoms with E-state index in [1.807, 2.05) is 56.3 Å². The van der Waals surface area contributed by atoms with E-state index in [1.54, 1.807) is 0 Å². The number of aryl methyl sites for hydroxylation is 3. The molecule has 0 saturated carbocycles. The van der Waals surface area contributed by atoms with Crippen molar-refractivity contribution in [2.45, 2.75) is 26.7 Å². The van der Waals surface area contributed by atoms with Crippen LogP contribution in [-0.4, -0.2) is 5.97 Å². The van der Waals surface area contributed by atoms with Crippen LogP contribution >= 0.6 is 11.6 Å². The van der Waals surface area contributed by atoms with E-state index in [4.69, 9.17) is 16.3 Å². The Bertz CT molecular complexity index is 583. The minimum Gasteiger partial charge on any atom is -0.427 e. The largest absolute Gasteiger partial charge is 0.427 e. The van der Waals surface area contributed by atoms with Crippen LogP contribution in [0.3, 0.4) is 0 Å². The van der Waals surface area contributed by atoms with E-state index in [2.05, 4.69) is 0 Å². The highest BCUT2D eigenvalue weighted by molar-refractivity contribution is 6.30. The van der Waals surface area contributed by atoms with Gasteiger partial charge >= 0.3 is 5.97 Å². The van der Waals surface area contributed by atoms with Gasteiger partial charge in [0, 0.05) is 11.4 Å². The van der Waals surface area contributed by atoms with Crippen molar-refractivity contribution < 1.29 is 9.53 Å². The van der Waals surface area contributed by atoms with Crippen molar-refractivity contribution >= 4 is 17.6 Å². The summed E-state index contributed by atoms with van der Waals surface area (Å²) in [6.45, 7) is 3.97. The third-order valence-electron chi connectivity index (χ3n) is 2.96. The predicted octanol–water partition coefficient (Wildman–Crippen LogP) is 4.50. The molecule has 20 heavy (non-hydrogen) atoms. The molecule has 3 heteroatoms. The first-order chi connectivity index (χ1) is 9.52. The van der Waals surface area contributed by atoms with Gasteiger partial charge in [0.2, 0.25) is 0 Å². The first-order valence-corrected chi connectivity index (χ1v) is 6.94. The normalized spacial score (nSPS) is 10.3. The number of hydrogen-bond donors (Lipinski definition) is 0. The lowest BCUT2D eigenvalue weighted by atomic mass is 10.1. The van der Waals surface area contributed by atoms with Crippen LogP contribution in [0.5, 0.6) is 5.75 Å². The Morgan fingerprint density at radius 1 is 1.05 bits per heavy atom. The third kappa shape index (κ3) is 4.39. The second kappa shape index (κ2) is 6.58. The van der Waals surface area contributed by atoms with Crippen LogP contribution in [0.4, 0.5) is 0 Å². The lowest BCUT2D eigenvalue weighted by molar-refractivity contribution is -0.134. The second-order valence-electron chi connectivity index (χ2n) is 4.92. The monoisotopic (exact) mass is 288 g/mol. The molecule has 0 aliphatic heterocycles. The van der Waals surface area contributed by atoms with E-state index < -0.39 is 0 Å². The Morgan fingerprint density at radius 3 is 2.25 bits per heavy atom. The quantitative estimate of drug-likeness (QED) is 0.612. The molecule has 0 spiro atoms. The van der Waals surface area contributed by atoms with Crippen molar-refractivity contribution in [2.75, 3.05) is 0 Å². The molecule has 2 nitrogen and oxygen atoms in total. The maximum atomic E-state index is 11.8. The number of halogens is 1. The molecule has 0 fully saturated rings. The Balaban J connectivity index is 1.90. The van der Waals surface area contributed by atoms with Crippen molar-refractivity contribution in [2.24, 2.45) is 0 Å². The van der Waals surface area contributed by atoms with Gasteiger partial charge in [-0.25, -0.2) is 0 Å². The second-order valence-corrected chi connectivity index (χ2v) is 5.36. The topological polar surface area (TPSA) is 26.3 Å². The number of esters is 1. The van der Waals surface area contributed by atoms with Gasteiger partial charge in [-0.15, -0.1) is 0 Å². The highest BCUT2D eigenvalue weighted by atomic mass is 35.5. The minimum atomic E-state index is -0.218. The van der Waals surface area contributed by atoms with Crippen LogP contribution in [0, 0.1) is 13.8 Å². The van der Waals surface area contributed by atoms with Crippen molar-refractivity contribution in [3.05, 3.63) is 64.2 Å². The predicted molar refractivity (Wildman–Crippen MR) is 81.3 cm³/mol. The standard InChI is InChI=1S/C17H17ClO2/c1-12-9-13(2)11-16(10-12)20-17(19)8-5-14-3-6-15(18)7-4-14/h3-4,6-7,9-11H,5,8H2,1-2H3. The SMILES string of the molecule is Cc1cc(C)cc(OC(=O)CCc2ccc(Cl)cc2)c1. The van der Waals surface area contributed by atoms with Crippen molar-refractivity contribution in [3.8, 4) is 5.75 Å². The average molecular weight is 289 g/mol. The molecule has 0 radical (unpaired) electrons. The first-order valence-electron chi connectivity index (χ1n) is 6.56. The molecule has 2 aromatic rings. The number of rotatable bonds is 4. The fraction of sp³-hybridized carbons (Fsp3) is 0.235. The van der Waals surface area contributed by atoms with Gasteiger partial charge in [-0.05, 0) is 61.2 Å². The molecule has 104 valence electrons. The van der Waals surface area contributed by atoms with E-state index in [9.17, 15) is 4.79 Å². The lowest BCUT2D eigenvalue weighted by Gasteiger charge is -2.06. The summed E-state index contributed by atoms with van der Waals surface area (Å²) in [4.78, 5) is 11.8. The molecule has 0 amide bonds. The molecule has 2 rings (SSSR count). The van der Waals surface area contributed by atoms with Gasteiger partial charge in [-0.1, -0.05) is 29.8 Å². The highest BCUT2D eigenvalue weighted by Gasteiger charge is 2.06. The fourth-order valence-corrected chi connectivity index (χ4v) is 2.20. The Hall–Kier alpha value is -1.80. The first kappa shape index (κ1) is 14.6. The molecule has 0 heterocycles. The molecule has 0 bridgehead atoms. The van der Waals surface area contributed by atoms with E-state index in [1.165, 1.54) is 0 Å². The van der Waals surface area contributed by atoms with E-state index >= 15 is 0 Å². The Kier molecular flexibility index (Phi) is 4.80. The van der Waals surface area contributed by atoms with Gasteiger partial charge in [0.25, 0.3) is 0 Å². The van der Waals surface area contributed by atoms with Crippen LogP contribution in [0.25, 0.3) is 0 Å². The molecule has 0 aliphatic rings. The van der Waals surface area contributed by atoms with Crippen LogP contribution in [0.1, 0.15) is 23.1 Å². The zero-order valence-corrected chi connectivity index (χ0v) is 12.4. The number of carbonyl (C=O) groups is 1. The van der Waals surface area contributed by atoms with Crippen LogP contribution in [-0.2, 0) is 11.2 Å². The maximum Gasteiger partial charge on any atom is 0.311 e. The smallest absolute Gasteiger partial charge is 0.311 e. The summed E-state index contributed by atoms with van der Waals surface area (Å²) in [5.74, 6) is 0.397. The molecule has 2 aromatic carbocycles. The summed E-state index contributed by atoms with van der Waals surface area (Å²) in [6.07, 6.45) is 1.01.